The van der Waals surface area contributed by atoms with Crippen LogP contribution >= 0.6 is 0 Å². The molecule has 4 rings (SSSR count). The summed E-state index contributed by atoms with van der Waals surface area (Å²) in [6.07, 6.45) is 6.34. The molecule has 154 valence electrons. The van der Waals surface area contributed by atoms with Gasteiger partial charge in [-0.15, -0.1) is 0 Å². The quantitative estimate of drug-likeness (QED) is 0.383. The molecule has 1 unspecified atom stereocenters. The minimum atomic E-state index is -0.116. The Bertz CT molecular complexity index is 660. The van der Waals surface area contributed by atoms with Crippen molar-refractivity contribution in [2.75, 3.05) is 57.9 Å². The Kier molecular flexibility index (Phi) is 6.44. The maximum atomic E-state index is 8.78. The fraction of sp³-hybridized carbons (Fsp3) is 0.714. The molecule has 0 amide bonds. The number of anilines is 1. The number of hydrogen-bond donors (Lipinski definition) is 2. The van der Waals surface area contributed by atoms with E-state index in [1.807, 2.05) is 12.3 Å². The van der Waals surface area contributed by atoms with Gasteiger partial charge in [-0.1, -0.05) is 6.07 Å². The van der Waals surface area contributed by atoms with E-state index in [1.165, 1.54) is 18.4 Å². The molecule has 1 aliphatic carbocycles. The normalized spacial score (nSPS) is 24.2. The van der Waals surface area contributed by atoms with Gasteiger partial charge >= 0.3 is 0 Å². The van der Waals surface area contributed by atoms with Crippen molar-refractivity contribution in [1.29, 1.82) is 5.41 Å². The van der Waals surface area contributed by atoms with Crippen LogP contribution in [0.1, 0.15) is 37.2 Å². The molecule has 1 saturated carbocycles. The number of nitrogens with zero attached hydrogens (tertiary/aromatic N) is 3. The molecule has 7 heteroatoms. The molecule has 7 nitrogen and oxygen atoms in total. The number of nitrogens with one attached hydrogen (secondary N) is 2. The van der Waals surface area contributed by atoms with Crippen LogP contribution in [0.3, 0.4) is 0 Å². The molecular weight excluding hydrogens is 354 g/mol. The molecule has 2 atom stereocenters. The van der Waals surface area contributed by atoms with E-state index in [1.54, 1.807) is 7.11 Å². The zero-order chi connectivity index (χ0) is 19.3. The van der Waals surface area contributed by atoms with Crippen molar-refractivity contribution in [2.24, 2.45) is 0 Å². The Labute approximate surface area is 167 Å². The van der Waals surface area contributed by atoms with E-state index >= 15 is 0 Å². The molecule has 1 aromatic rings. The Balaban J connectivity index is 1.43. The number of hydrogen-bond acceptors (Lipinski definition) is 6. The summed E-state index contributed by atoms with van der Waals surface area (Å²) in [4.78, 5) is 9.41. The van der Waals surface area contributed by atoms with Crippen LogP contribution in [0.5, 0.6) is 0 Å². The molecule has 2 aliphatic heterocycles. The lowest BCUT2D eigenvalue weighted by atomic mass is 10.0. The van der Waals surface area contributed by atoms with Crippen LogP contribution in [0.4, 0.5) is 5.82 Å². The van der Waals surface area contributed by atoms with Crippen molar-refractivity contribution in [3.63, 3.8) is 0 Å². The van der Waals surface area contributed by atoms with Crippen molar-refractivity contribution in [3.05, 3.63) is 23.9 Å². The second-order valence-electron chi connectivity index (χ2n) is 8.09. The highest BCUT2D eigenvalue weighted by Crippen LogP contribution is 2.37. The summed E-state index contributed by atoms with van der Waals surface area (Å²) in [5.74, 6) is 2.17. The van der Waals surface area contributed by atoms with Gasteiger partial charge < -0.3 is 24.6 Å². The summed E-state index contributed by atoms with van der Waals surface area (Å²) in [5.41, 5.74) is 1.33. The van der Waals surface area contributed by atoms with Crippen LogP contribution in [-0.4, -0.2) is 80.9 Å². The molecule has 2 N–H and O–H groups in total. The molecule has 0 spiro atoms. The first-order valence-electron chi connectivity index (χ1n) is 10.6. The van der Waals surface area contributed by atoms with Crippen LogP contribution < -0.4 is 10.2 Å². The summed E-state index contributed by atoms with van der Waals surface area (Å²) >= 11 is 0. The van der Waals surface area contributed by atoms with Crippen LogP contribution in [0, 0.1) is 5.41 Å². The monoisotopic (exact) mass is 387 g/mol. The smallest absolute Gasteiger partial charge is 0.132 e. The van der Waals surface area contributed by atoms with Gasteiger partial charge in [-0.25, -0.2) is 4.98 Å². The standard InChI is InChI=1S/C21H33N5O2/c1-27-11-3-2-10-25-14-16(18-5-4-8-24-21(18)25)15-26(17-6-7-17)20(22)19-13-23-9-12-28-19/h4-5,8,16-17,19,22-23H,2-3,6-7,9-15H2,1H3/t16?,19-/m1/s1. The highest BCUT2D eigenvalue weighted by molar-refractivity contribution is 5.85. The lowest BCUT2D eigenvalue weighted by molar-refractivity contribution is 0.0614. The lowest BCUT2D eigenvalue weighted by Gasteiger charge is -2.34. The van der Waals surface area contributed by atoms with E-state index in [-0.39, 0.29) is 6.10 Å². The summed E-state index contributed by atoms with van der Waals surface area (Å²) in [7, 11) is 1.76. The number of amidine groups is 1. The maximum absolute atomic E-state index is 8.78. The molecule has 0 aromatic carbocycles. The van der Waals surface area contributed by atoms with Gasteiger partial charge in [0.05, 0.1) is 6.61 Å². The van der Waals surface area contributed by atoms with Crippen molar-refractivity contribution >= 4 is 11.7 Å². The minimum Gasteiger partial charge on any atom is -0.385 e. The number of ether oxygens (including phenoxy) is 2. The van der Waals surface area contributed by atoms with Crippen LogP contribution in [0.25, 0.3) is 0 Å². The van der Waals surface area contributed by atoms with Gasteiger partial charge in [-0.3, -0.25) is 5.41 Å². The third-order valence-corrected chi connectivity index (χ3v) is 5.97. The third-order valence-electron chi connectivity index (χ3n) is 5.97. The Morgan fingerprint density at radius 2 is 2.32 bits per heavy atom. The van der Waals surface area contributed by atoms with Gasteiger partial charge in [0.25, 0.3) is 0 Å². The fourth-order valence-electron chi connectivity index (χ4n) is 4.34. The van der Waals surface area contributed by atoms with Crippen molar-refractivity contribution in [1.82, 2.24) is 15.2 Å². The third kappa shape index (κ3) is 4.47. The Hall–Kier alpha value is -1.70. The van der Waals surface area contributed by atoms with Gasteiger partial charge in [-0.2, -0.15) is 0 Å². The zero-order valence-electron chi connectivity index (χ0n) is 16.9. The molecule has 2 fully saturated rings. The van der Waals surface area contributed by atoms with E-state index in [2.05, 4.69) is 26.2 Å². The SMILES string of the molecule is COCCCCN1CC(CN(C(=N)[C@H]2CNCCO2)C2CC2)c2cccnc21. The first kappa shape index (κ1) is 19.6. The summed E-state index contributed by atoms with van der Waals surface area (Å²) in [6, 6.07) is 4.77. The highest BCUT2D eigenvalue weighted by Gasteiger charge is 2.38. The second kappa shape index (κ2) is 9.20. The molecule has 28 heavy (non-hydrogen) atoms. The average molecular weight is 388 g/mol. The fourth-order valence-corrected chi connectivity index (χ4v) is 4.34. The number of methoxy groups -OCH3 is 1. The first-order chi connectivity index (χ1) is 13.8. The van der Waals surface area contributed by atoms with E-state index in [0.29, 0.717) is 24.4 Å². The number of aromatic nitrogens is 1. The van der Waals surface area contributed by atoms with E-state index in [4.69, 9.17) is 14.9 Å². The molecule has 3 aliphatic rings. The number of fused-ring (bicyclic) bond motifs is 1. The summed E-state index contributed by atoms with van der Waals surface area (Å²) < 4.78 is 11.1. The maximum Gasteiger partial charge on any atom is 0.132 e. The van der Waals surface area contributed by atoms with Crippen LogP contribution in [0.2, 0.25) is 0 Å². The van der Waals surface area contributed by atoms with Gasteiger partial charge in [-0.05, 0) is 31.7 Å². The number of morpholine rings is 1. The lowest BCUT2D eigenvalue weighted by Crippen LogP contribution is -2.50. The summed E-state index contributed by atoms with van der Waals surface area (Å²) in [5, 5.41) is 12.1. The van der Waals surface area contributed by atoms with Crippen molar-refractivity contribution < 1.29 is 9.47 Å². The molecule has 1 aromatic heterocycles. The topological polar surface area (TPSA) is 73.7 Å². The van der Waals surface area contributed by atoms with E-state index in [9.17, 15) is 0 Å². The minimum absolute atomic E-state index is 0.116. The van der Waals surface area contributed by atoms with E-state index in [0.717, 1.165) is 58.0 Å². The highest BCUT2D eigenvalue weighted by atomic mass is 16.5. The molecule has 0 radical (unpaired) electrons. The van der Waals surface area contributed by atoms with Crippen molar-refractivity contribution in [3.8, 4) is 0 Å². The average Bonchev–Trinajstić information content (AvgIpc) is 3.53. The first-order valence-corrected chi connectivity index (χ1v) is 10.6. The molecular formula is C21H33N5O2. The Morgan fingerprint density at radius 3 is 3.07 bits per heavy atom. The molecule has 1 saturated heterocycles. The van der Waals surface area contributed by atoms with Crippen molar-refractivity contribution in [2.45, 2.75) is 43.7 Å². The largest absolute Gasteiger partial charge is 0.385 e. The van der Waals surface area contributed by atoms with Gasteiger partial charge in [0.2, 0.25) is 0 Å². The molecule has 0 bridgehead atoms. The number of rotatable bonds is 9. The Morgan fingerprint density at radius 1 is 1.43 bits per heavy atom. The molecule has 3 heterocycles. The number of unbranched alkanes of at least 4 members (excludes halogenated alkanes) is 1. The number of pyridine rings is 1. The van der Waals surface area contributed by atoms with Gasteiger partial charge in [0.15, 0.2) is 0 Å². The zero-order valence-corrected chi connectivity index (χ0v) is 16.9. The predicted molar refractivity (Wildman–Crippen MR) is 110 cm³/mol. The van der Waals surface area contributed by atoms with Crippen LogP contribution in [-0.2, 0) is 9.47 Å². The van der Waals surface area contributed by atoms with Crippen LogP contribution in [0.15, 0.2) is 18.3 Å². The second-order valence-corrected chi connectivity index (χ2v) is 8.09. The summed E-state index contributed by atoms with van der Waals surface area (Å²) in [6.45, 7) is 6.02. The predicted octanol–water partition coefficient (Wildman–Crippen LogP) is 1.84. The van der Waals surface area contributed by atoms with Gasteiger partial charge in [0.1, 0.15) is 17.8 Å². The van der Waals surface area contributed by atoms with E-state index < -0.39 is 0 Å². The van der Waals surface area contributed by atoms with Gasteiger partial charge in [0, 0.05) is 70.2 Å².